The molecule has 96 valence electrons. The van der Waals surface area contributed by atoms with E-state index in [0.29, 0.717) is 6.54 Å². The third kappa shape index (κ3) is 3.61. The summed E-state index contributed by atoms with van der Waals surface area (Å²) in [6.45, 7) is 2.84. The number of nitrogens with one attached hydrogen (secondary N) is 1. The van der Waals surface area contributed by atoms with Crippen molar-refractivity contribution in [1.82, 2.24) is 5.32 Å². The highest BCUT2D eigenvalue weighted by atomic mass is 16.5. The molecule has 0 heterocycles. The maximum atomic E-state index is 8.83. The Balaban J connectivity index is 2.88. The van der Waals surface area contributed by atoms with Crippen LogP contribution < -0.4 is 14.8 Å². The standard InChI is InChI=1S/C13H21NO3/c1-4-11(14-7-8-15)10-5-6-12(16-2)13(9-10)17-3/h5-6,9,11,14-15H,4,7-8H2,1-3H3. The van der Waals surface area contributed by atoms with Crippen LogP contribution in [0.2, 0.25) is 0 Å². The largest absolute Gasteiger partial charge is 0.493 e. The minimum absolute atomic E-state index is 0.143. The first-order valence-electron chi connectivity index (χ1n) is 5.83. The highest BCUT2D eigenvalue weighted by Gasteiger charge is 2.11. The number of ether oxygens (including phenoxy) is 2. The molecule has 0 spiro atoms. The summed E-state index contributed by atoms with van der Waals surface area (Å²) in [5.74, 6) is 1.46. The Morgan fingerprint density at radius 3 is 2.47 bits per heavy atom. The molecule has 1 aromatic rings. The Hall–Kier alpha value is -1.26. The lowest BCUT2D eigenvalue weighted by atomic mass is 10.0. The number of benzene rings is 1. The smallest absolute Gasteiger partial charge is 0.161 e. The highest BCUT2D eigenvalue weighted by molar-refractivity contribution is 5.43. The van der Waals surface area contributed by atoms with Gasteiger partial charge in [-0.2, -0.15) is 0 Å². The molecule has 0 saturated heterocycles. The SMILES string of the molecule is CCC(NCCO)c1ccc(OC)c(OC)c1. The van der Waals surface area contributed by atoms with Crippen molar-refractivity contribution in [3.05, 3.63) is 23.8 Å². The van der Waals surface area contributed by atoms with Gasteiger partial charge in [0.2, 0.25) is 0 Å². The van der Waals surface area contributed by atoms with Crippen molar-refractivity contribution in [3.8, 4) is 11.5 Å². The van der Waals surface area contributed by atoms with Gasteiger partial charge in [0.05, 0.1) is 20.8 Å². The summed E-state index contributed by atoms with van der Waals surface area (Å²) in [5, 5.41) is 12.1. The molecule has 1 atom stereocenters. The number of methoxy groups -OCH3 is 2. The third-order valence-corrected chi connectivity index (χ3v) is 2.72. The zero-order chi connectivity index (χ0) is 12.7. The van der Waals surface area contributed by atoms with E-state index in [-0.39, 0.29) is 12.6 Å². The van der Waals surface area contributed by atoms with Gasteiger partial charge in [-0.25, -0.2) is 0 Å². The Labute approximate surface area is 103 Å². The minimum Gasteiger partial charge on any atom is -0.493 e. The molecule has 1 unspecified atom stereocenters. The summed E-state index contributed by atoms with van der Waals surface area (Å²) in [4.78, 5) is 0. The first kappa shape index (κ1) is 13.8. The summed E-state index contributed by atoms with van der Waals surface area (Å²) >= 11 is 0. The molecule has 0 aliphatic carbocycles. The lowest BCUT2D eigenvalue weighted by Crippen LogP contribution is -2.23. The van der Waals surface area contributed by atoms with Crippen LogP contribution in [0.5, 0.6) is 11.5 Å². The quantitative estimate of drug-likeness (QED) is 0.761. The third-order valence-electron chi connectivity index (χ3n) is 2.72. The van der Waals surface area contributed by atoms with Crippen molar-refractivity contribution in [2.45, 2.75) is 19.4 Å². The van der Waals surface area contributed by atoms with Gasteiger partial charge in [-0.1, -0.05) is 13.0 Å². The van der Waals surface area contributed by atoms with Crippen molar-refractivity contribution in [3.63, 3.8) is 0 Å². The van der Waals surface area contributed by atoms with Crippen molar-refractivity contribution < 1.29 is 14.6 Å². The molecule has 0 aromatic heterocycles. The predicted octanol–water partition coefficient (Wildman–Crippen LogP) is 1.74. The van der Waals surface area contributed by atoms with Gasteiger partial charge in [-0.05, 0) is 24.1 Å². The lowest BCUT2D eigenvalue weighted by Gasteiger charge is -2.18. The summed E-state index contributed by atoms with van der Waals surface area (Å²) in [7, 11) is 3.25. The van der Waals surface area contributed by atoms with Crippen LogP contribution in [-0.2, 0) is 0 Å². The van der Waals surface area contributed by atoms with Crippen LogP contribution in [-0.4, -0.2) is 32.5 Å². The van der Waals surface area contributed by atoms with Crippen LogP contribution in [0.3, 0.4) is 0 Å². The summed E-state index contributed by atoms with van der Waals surface area (Å²) in [5.41, 5.74) is 1.14. The Morgan fingerprint density at radius 1 is 1.24 bits per heavy atom. The second kappa shape index (κ2) is 7.14. The molecule has 4 heteroatoms. The molecule has 0 aliphatic heterocycles. The fraction of sp³-hybridized carbons (Fsp3) is 0.538. The van der Waals surface area contributed by atoms with Crippen LogP contribution in [0.25, 0.3) is 0 Å². The van der Waals surface area contributed by atoms with E-state index in [4.69, 9.17) is 14.6 Å². The average molecular weight is 239 g/mol. The van der Waals surface area contributed by atoms with E-state index in [1.807, 2.05) is 18.2 Å². The molecule has 17 heavy (non-hydrogen) atoms. The molecule has 0 aliphatic rings. The highest BCUT2D eigenvalue weighted by Crippen LogP contribution is 2.30. The van der Waals surface area contributed by atoms with Crippen molar-refractivity contribution >= 4 is 0 Å². The van der Waals surface area contributed by atoms with E-state index in [1.165, 1.54) is 0 Å². The Morgan fingerprint density at radius 2 is 1.94 bits per heavy atom. The maximum absolute atomic E-state index is 8.83. The van der Waals surface area contributed by atoms with Gasteiger partial charge in [-0.3, -0.25) is 0 Å². The summed E-state index contributed by atoms with van der Waals surface area (Å²) in [6, 6.07) is 6.11. The van der Waals surface area contributed by atoms with E-state index < -0.39 is 0 Å². The van der Waals surface area contributed by atoms with Gasteiger partial charge in [0.25, 0.3) is 0 Å². The Kier molecular flexibility index (Phi) is 5.80. The van der Waals surface area contributed by atoms with Crippen molar-refractivity contribution in [2.24, 2.45) is 0 Å². The van der Waals surface area contributed by atoms with Gasteiger partial charge in [0.15, 0.2) is 11.5 Å². The number of rotatable bonds is 7. The van der Waals surface area contributed by atoms with E-state index in [0.717, 1.165) is 23.5 Å². The fourth-order valence-electron chi connectivity index (χ4n) is 1.81. The molecular weight excluding hydrogens is 218 g/mol. The van der Waals surface area contributed by atoms with E-state index in [9.17, 15) is 0 Å². The van der Waals surface area contributed by atoms with E-state index in [1.54, 1.807) is 14.2 Å². The van der Waals surface area contributed by atoms with E-state index in [2.05, 4.69) is 12.2 Å². The molecule has 0 fully saturated rings. The van der Waals surface area contributed by atoms with Gasteiger partial charge < -0.3 is 19.9 Å². The second-order valence-corrected chi connectivity index (χ2v) is 3.75. The normalized spacial score (nSPS) is 12.2. The lowest BCUT2D eigenvalue weighted by molar-refractivity contribution is 0.283. The molecule has 2 N–H and O–H groups in total. The predicted molar refractivity (Wildman–Crippen MR) is 67.7 cm³/mol. The average Bonchev–Trinajstić information content (AvgIpc) is 2.39. The number of aliphatic hydroxyl groups excluding tert-OH is 1. The monoisotopic (exact) mass is 239 g/mol. The van der Waals surface area contributed by atoms with Crippen LogP contribution in [0.15, 0.2) is 18.2 Å². The topological polar surface area (TPSA) is 50.7 Å². The number of aliphatic hydroxyl groups is 1. The molecule has 0 saturated carbocycles. The first-order chi connectivity index (χ1) is 8.26. The molecular formula is C13H21NO3. The van der Waals surface area contributed by atoms with Gasteiger partial charge in [0, 0.05) is 12.6 Å². The second-order valence-electron chi connectivity index (χ2n) is 3.75. The van der Waals surface area contributed by atoms with Gasteiger partial charge in [-0.15, -0.1) is 0 Å². The molecule has 1 aromatic carbocycles. The number of hydrogen-bond donors (Lipinski definition) is 2. The molecule has 0 radical (unpaired) electrons. The number of hydrogen-bond acceptors (Lipinski definition) is 4. The van der Waals surface area contributed by atoms with Crippen LogP contribution in [0, 0.1) is 0 Å². The molecule has 0 bridgehead atoms. The zero-order valence-electron chi connectivity index (χ0n) is 10.7. The molecule has 4 nitrogen and oxygen atoms in total. The first-order valence-corrected chi connectivity index (χ1v) is 5.83. The minimum atomic E-state index is 0.143. The van der Waals surface area contributed by atoms with Crippen LogP contribution >= 0.6 is 0 Å². The maximum Gasteiger partial charge on any atom is 0.161 e. The zero-order valence-corrected chi connectivity index (χ0v) is 10.7. The Bertz CT molecular complexity index is 341. The summed E-state index contributed by atoms with van der Waals surface area (Å²) < 4.78 is 10.5. The summed E-state index contributed by atoms with van der Waals surface area (Å²) in [6.07, 6.45) is 0.954. The van der Waals surface area contributed by atoms with Crippen LogP contribution in [0.1, 0.15) is 24.9 Å². The molecule has 0 amide bonds. The van der Waals surface area contributed by atoms with Crippen LogP contribution in [0.4, 0.5) is 0 Å². The molecule has 1 rings (SSSR count). The van der Waals surface area contributed by atoms with Gasteiger partial charge in [0.1, 0.15) is 0 Å². The van der Waals surface area contributed by atoms with Crippen molar-refractivity contribution in [2.75, 3.05) is 27.4 Å². The fourth-order valence-corrected chi connectivity index (χ4v) is 1.81. The van der Waals surface area contributed by atoms with Gasteiger partial charge >= 0.3 is 0 Å². The van der Waals surface area contributed by atoms with Crippen molar-refractivity contribution in [1.29, 1.82) is 0 Å². The van der Waals surface area contributed by atoms with E-state index >= 15 is 0 Å².